The van der Waals surface area contributed by atoms with E-state index in [-0.39, 0.29) is 17.6 Å². The Bertz CT molecular complexity index is 1820. The number of nitrogens with zero attached hydrogens (tertiary/aromatic N) is 4. The highest BCUT2D eigenvalue weighted by Gasteiger charge is 2.39. The van der Waals surface area contributed by atoms with Crippen LogP contribution in [0.15, 0.2) is 54.9 Å². The Morgan fingerprint density at radius 3 is 1.86 bits per heavy atom. The predicted molar refractivity (Wildman–Crippen MR) is 169 cm³/mol. The fraction of sp³-hybridized carbons (Fsp3) is 0.290. The molecule has 4 aromatic rings. The van der Waals surface area contributed by atoms with Gasteiger partial charge < -0.3 is 21.1 Å². The first-order valence-corrected chi connectivity index (χ1v) is 15.4. The van der Waals surface area contributed by atoms with Crippen molar-refractivity contribution in [2.45, 2.75) is 44.5 Å². The maximum Gasteiger partial charge on any atom is 0.434 e. The van der Waals surface area contributed by atoms with E-state index in [9.17, 15) is 40.3 Å². The van der Waals surface area contributed by atoms with Crippen LogP contribution in [0.5, 0.6) is 0 Å². The number of carbonyl (C=O) groups is 2. The van der Waals surface area contributed by atoms with E-state index in [1.54, 1.807) is 0 Å². The Balaban J connectivity index is 0.000000237. The first-order valence-electron chi connectivity index (χ1n) is 14.6. The monoisotopic (exact) mass is 747 g/mol. The van der Waals surface area contributed by atoms with Crippen LogP contribution in [-0.2, 0) is 12.4 Å². The molecule has 1 fully saturated rings. The van der Waals surface area contributed by atoms with Crippen LogP contribution in [0.2, 0.25) is 10.0 Å². The summed E-state index contributed by atoms with van der Waals surface area (Å²) in [5.74, 6) is -3.74. The van der Waals surface area contributed by atoms with Gasteiger partial charge in [0.1, 0.15) is 11.4 Å². The van der Waals surface area contributed by atoms with Crippen molar-refractivity contribution in [2.75, 3.05) is 17.2 Å². The molecule has 2 aromatic heterocycles. The van der Waals surface area contributed by atoms with E-state index in [1.165, 1.54) is 30.3 Å². The number of aromatic carboxylic acids is 1. The zero-order valence-electron chi connectivity index (χ0n) is 25.5. The third-order valence-electron chi connectivity index (χ3n) is 7.07. The maximum atomic E-state index is 13.5. The highest BCUT2D eigenvalue weighted by atomic mass is 35.5. The third-order valence-corrected chi connectivity index (χ3v) is 7.50. The predicted octanol–water partition coefficient (Wildman–Crippen LogP) is 8.93. The lowest BCUT2D eigenvalue weighted by atomic mass is 9.89. The van der Waals surface area contributed by atoms with Crippen LogP contribution in [0.25, 0.3) is 0 Å². The van der Waals surface area contributed by atoms with Crippen molar-refractivity contribution in [2.24, 2.45) is 5.92 Å². The minimum atomic E-state index is -4.95. The van der Waals surface area contributed by atoms with Crippen molar-refractivity contribution in [3.8, 4) is 0 Å². The van der Waals surface area contributed by atoms with Crippen LogP contribution in [0.1, 0.15) is 64.2 Å². The number of hydrogen-bond acceptors (Lipinski definition) is 8. The summed E-state index contributed by atoms with van der Waals surface area (Å²) < 4.78 is 91.8. The first kappa shape index (κ1) is 38.0. The number of alkyl halides is 6. The number of halogens is 9. The fourth-order valence-electron chi connectivity index (χ4n) is 4.81. The van der Waals surface area contributed by atoms with Crippen molar-refractivity contribution in [3.63, 3.8) is 0 Å². The van der Waals surface area contributed by atoms with Crippen LogP contribution in [-0.4, -0.2) is 43.5 Å². The van der Waals surface area contributed by atoms with E-state index >= 15 is 0 Å². The molecule has 0 atom stereocenters. The normalized spacial score (nSPS) is 13.5. The highest BCUT2D eigenvalue weighted by Crippen LogP contribution is 2.33. The number of rotatable bonds is 8. The second-order valence-electron chi connectivity index (χ2n) is 10.8. The summed E-state index contributed by atoms with van der Waals surface area (Å²) in [7, 11) is 0. The Labute approximate surface area is 289 Å². The lowest BCUT2D eigenvalue weighted by Crippen LogP contribution is -2.32. The minimum absolute atomic E-state index is 0.131. The highest BCUT2D eigenvalue weighted by molar-refractivity contribution is 6.35. The summed E-state index contributed by atoms with van der Waals surface area (Å²) in [6.45, 7) is 0.344. The lowest BCUT2D eigenvalue weighted by molar-refractivity contribution is -0.142. The summed E-state index contributed by atoms with van der Waals surface area (Å²) in [6.07, 6.45) is -3.11. The van der Waals surface area contributed by atoms with Gasteiger partial charge in [0, 0.05) is 40.4 Å². The molecule has 0 radical (unpaired) electrons. The smallest absolute Gasteiger partial charge is 0.434 e. The molecule has 2 aromatic carbocycles. The molecular weight excluding hydrogens is 722 g/mol. The molecule has 0 spiro atoms. The first-order chi connectivity index (χ1) is 23.5. The van der Waals surface area contributed by atoms with Gasteiger partial charge in [-0.05, 0) is 55.2 Å². The summed E-state index contributed by atoms with van der Waals surface area (Å²) in [6, 6.07) is 9.33. The fourth-order valence-corrected chi connectivity index (χ4v) is 5.34. The number of carboxylic acids is 1. The van der Waals surface area contributed by atoms with Crippen LogP contribution in [0.4, 0.5) is 54.0 Å². The number of hydrogen-bond donors (Lipinski definition) is 4. The second-order valence-corrected chi connectivity index (χ2v) is 11.7. The SMILES string of the molecule is O=C(NCC1CCCCC1)c1cnc(Nc2cc(Cl)cc(Cl)c2)nc1C(F)(F)F.O=C(O)c1cnc(Nc2cccc(F)c2)nc1C(F)(F)F. The van der Waals surface area contributed by atoms with E-state index in [4.69, 9.17) is 28.3 Å². The molecule has 19 heteroatoms. The number of carbonyl (C=O) groups excluding carboxylic acids is 1. The van der Waals surface area contributed by atoms with Crippen LogP contribution in [0.3, 0.4) is 0 Å². The topological polar surface area (TPSA) is 142 Å². The summed E-state index contributed by atoms with van der Waals surface area (Å²) >= 11 is 11.8. The van der Waals surface area contributed by atoms with Gasteiger partial charge >= 0.3 is 18.3 Å². The quantitative estimate of drug-likeness (QED) is 0.130. The zero-order chi connectivity index (χ0) is 36.6. The molecule has 10 nitrogen and oxygen atoms in total. The van der Waals surface area contributed by atoms with Gasteiger partial charge in [-0.2, -0.15) is 26.3 Å². The van der Waals surface area contributed by atoms with Crippen molar-refractivity contribution in [1.82, 2.24) is 25.3 Å². The standard InChI is InChI=1S/C19H19Cl2F3N4O.C12H7F4N3O2/c20-12-6-13(21)8-14(7-12)27-18-26-10-15(16(28-18)19(22,23)24)17(29)25-9-11-4-2-1-3-5-11;13-6-2-1-3-7(4-6)18-11-17-5-8(10(20)21)9(19-11)12(14,15)16/h6-8,10-11H,1-5,9H2,(H,25,29)(H,26,27,28);1-5H,(H,20,21)(H,17,18,19). The van der Waals surface area contributed by atoms with Gasteiger partial charge in [-0.3, -0.25) is 4.79 Å². The molecule has 0 aliphatic heterocycles. The van der Waals surface area contributed by atoms with Crippen LogP contribution >= 0.6 is 23.2 Å². The third kappa shape index (κ3) is 10.9. The molecule has 1 aliphatic carbocycles. The van der Waals surface area contributed by atoms with Gasteiger partial charge in [0.15, 0.2) is 11.4 Å². The molecule has 1 saturated carbocycles. The molecular formula is C31H26Cl2F7N7O3. The van der Waals surface area contributed by atoms with Crippen LogP contribution < -0.4 is 16.0 Å². The Morgan fingerprint density at radius 1 is 0.780 bits per heavy atom. The molecule has 0 bridgehead atoms. The van der Waals surface area contributed by atoms with Gasteiger partial charge in [0.25, 0.3) is 5.91 Å². The van der Waals surface area contributed by atoms with E-state index in [1.807, 2.05) is 0 Å². The van der Waals surface area contributed by atoms with Crippen molar-refractivity contribution in [1.29, 1.82) is 0 Å². The Morgan fingerprint density at radius 2 is 1.32 bits per heavy atom. The molecule has 1 aliphatic rings. The van der Waals surface area contributed by atoms with Crippen molar-refractivity contribution >= 4 is 58.3 Å². The maximum absolute atomic E-state index is 13.5. The molecule has 0 unspecified atom stereocenters. The van der Waals surface area contributed by atoms with Gasteiger partial charge in [-0.1, -0.05) is 48.5 Å². The largest absolute Gasteiger partial charge is 0.478 e. The average molecular weight is 748 g/mol. The molecule has 0 saturated heterocycles. The number of benzene rings is 2. The molecule has 4 N–H and O–H groups in total. The summed E-state index contributed by atoms with van der Waals surface area (Å²) in [5, 5.41) is 16.9. The molecule has 5 rings (SSSR count). The van der Waals surface area contributed by atoms with Gasteiger partial charge in [0.2, 0.25) is 11.9 Å². The molecule has 50 heavy (non-hydrogen) atoms. The lowest BCUT2D eigenvalue weighted by Gasteiger charge is -2.22. The summed E-state index contributed by atoms with van der Waals surface area (Å²) in [5.41, 5.74) is -4.10. The number of amides is 1. The van der Waals surface area contributed by atoms with Crippen molar-refractivity contribution in [3.05, 3.63) is 93.2 Å². The molecule has 2 heterocycles. The summed E-state index contributed by atoms with van der Waals surface area (Å²) in [4.78, 5) is 37.1. The Hall–Kier alpha value is -4.77. The van der Waals surface area contributed by atoms with Crippen LogP contribution in [0, 0.1) is 11.7 Å². The minimum Gasteiger partial charge on any atom is -0.478 e. The zero-order valence-corrected chi connectivity index (χ0v) is 27.0. The Kier molecular flexibility index (Phi) is 12.4. The van der Waals surface area contributed by atoms with E-state index in [2.05, 4.69) is 35.9 Å². The van der Waals surface area contributed by atoms with E-state index < -0.39 is 58.5 Å². The van der Waals surface area contributed by atoms with Gasteiger partial charge in [-0.15, -0.1) is 0 Å². The van der Waals surface area contributed by atoms with Gasteiger partial charge in [0.05, 0.1) is 5.56 Å². The van der Waals surface area contributed by atoms with Crippen molar-refractivity contribution < 1.29 is 45.4 Å². The van der Waals surface area contributed by atoms with E-state index in [0.29, 0.717) is 28.5 Å². The molecule has 1 amide bonds. The molecule has 266 valence electrons. The number of aromatic nitrogens is 4. The van der Waals surface area contributed by atoms with E-state index in [0.717, 1.165) is 50.4 Å². The second kappa shape index (κ2) is 16.3. The number of carboxylic acid groups (broad SMARTS) is 1. The average Bonchev–Trinajstić information content (AvgIpc) is 3.03. The van der Waals surface area contributed by atoms with Gasteiger partial charge in [-0.25, -0.2) is 29.1 Å². The number of anilines is 4. The number of nitrogens with one attached hydrogen (secondary N) is 3.